The molecule has 0 aromatic rings. The molecule has 0 bridgehead atoms. The standard InChI is InChI=1S/C21H34N/c1-13(2)11-16-12-15(4)17-9-10-21(5,22-6)18-8-7-14(3)19(16)20(17)18/h7,11,15-20H,8-10,12H2,1-6H3/q-1. The highest BCUT2D eigenvalue weighted by Crippen LogP contribution is 2.60. The van der Waals surface area contributed by atoms with Crippen molar-refractivity contribution in [3.8, 4) is 0 Å². The van der Waals surface area contributed by atoms with Gasteiger partial charge >= 0.3 is 0 Å². The molecule has 7 unspecified atom stereocenters. The van der Waals surface area contributed by atoms with Gasteiger partial charge < -0.3 is 5.32 Å². The minimum absolute atomic E-state index is 0.212. The maximum Gasteiger partial charge on any atom is -0.0109 e. The van der Waals surface area contributed by atoms with Crippen LogP contribution in [0.15, 0.2) is 23.3 Å². The molecule has 0 aliphatic heterocycles. The molecule has 0 aromatic carbocycles. The van der Waals surface area contributed by atoms with Gasteiger partial charge in [-0.1, -0.05) is 50.0 Å². The first-order chi connectivity index (χ1) is 10.4. The summed E-state index contributed by atoms with van der Waals surface area (Å²) in [5.41, 5.74) is 3.37. The van der Waals surface area contributed by atoms with E-state index in [1.807, 2.05) is 0 Å². The molecule has 0 spiro atoms. The van der Waals surface area contributed by atoms with Gasteiger partial charge in [-0.15, -0.1) is 5.54 Å². The maximum absolute atomic E-state index is 4.88. The van der Waals surface area contributed by atoms with E-state index in [2.05, 4.69) is 53.8 Å². The molecule has 1 heteroatoms. The van der Waals surface area contributed by atoms with Gasteiger partial charge in [-0.2, -0.15) is 7.05 Å². The van der Waals surface area contributed by atoms with Crippen LogP contribution in [0.3, 0.4) is 0 Å². The zero-order valence-corrected chi connectivity index (χ0v) is 15.4. The Hall–Kier alpha value is -0.560. The van der Waals surface area contributed by atoms with Crippen molar-refractivity contribution in [1.82, 2.24) is 0 Å². The monoisotopic (exact) mass is 300 g/mol. The van der Waals surface area contributed by atoms with Crippen LogP contribution in [-0.4, -0.2) is 12.6 Å². The summed E-state index contributed by atoms with van der Waals surface area (Å²) < 4.78 is 0. The Balaban J connectivity index is 2.02. The SMILES string of the molecule is C[N-]C1(C)CCC2C(C)CC(C=C(C)C)C3C(C)=CCC1C23. The van der Waals surface area contributed by atoms with Crippen LogP contribution in [0, 0.1) is 35.5 Å². The zero-order chi connectivity index (χ0) is 16.1. The molecule has 0 aromatic heterocycles. The molecule has 3 aliphatic carbocycles. The van der Waals surface area contributed by atoms with E-state index in [1.54, 1.807) is 5.57 Å². The minimum Gasteiger partial charge on any atom is -0.659 e. The van der Waals surface area contributed by atoms with Gasteiger partial charge in [-0.05, 0) is 69.1 Å². The highest BCUT2D eigenvalue weighted by atomic mass is 15.0. The number of nitrogens with zero attached hydrogens (tertiary/aromatic N) is 1. The molecule has 0 amide bonds. The predicted octanol–water partition coefficient (Wildman–Crippen LogP) is 5.98. The Morgan fingerprint density at radius 2 is 2.09 bits per heavy atom. The molecule has 7 atom stereocenters. The highest BCUT2D eigenvalue weighted by Gasteiger charge is 2.52. The first kappa shape index (κ1) is 16.3. The molecule has 2 saturated carbocycles. The normalized spacial score (nSPS) is 47.5. The molecule has 1 nitrogen and oxygen atoms in total. The van der Waals surface area contributed by atoms with Gasteiger partial charge in [-0.25, -0.2) is 0 Å². The Bertz CT molecular complexity index is 484. The predicted molar refractivity (Wildman–Crippen MR) is 96.0 cm³/mol. The molecule has 0 radical (unpaired) electrons. The van der Waals surface area contributed by atoms with Gasteiger partial charge in [-0.3, -0.25) is 0 Å². The number of hydrogen-bond acceptors (Lipinski definition) is 0. The Kier molecular flexibility index (Phi) is 4.31. The van der Waals surface area contributed by atoms with Crippen molar-refractivity contribution in [3.63, 3.8) is 0 Å². The van der Waals surface area contributed by atoms with Crippen LogP contribution in [0.25, 0.3) is 5.32 Å². The van der Waals surface area contributed by atoms with Gasteiger partial charge in [0.25, 0.3) is 0 Å². The van der Waals surface area contributed by atoms with Crippen LogP contribution in [-0.2, 0) is 0 Å². The average molecular weight is 301 g/mol. The van der Waals surface area contributed by atoms with Crippen molar-refractivity contribution >= 4 is 0 Å². The molecule has 124 valence electrons. The second kappa shape index (κ2) is 5.82. The zero-order valence-electron chi connectivity index (χ0n) is 15.4. The molecule has 2 fully saturated rings. The quantitative estimate of drug-likeness (QED) is 0.557. The summed E-state index contributed by atoms with van der Waals surface area (Å²) in [6.07, 6.45) is 10.5. The van der Waals surface area contributed by atoms with Gasteiger partial charge in [0.2, 0.25) is 0 Å². The Morgan fingerprint density at radius 3 is 2.73 bits per heavy atom. The van der Waals surface area contributed by atoms with Crippen molar-refractivity contribution in [2.75, 3.05) is 7.05 Å². The molecule has 3 aliphatic rings. The van der Waals surface area contributed by atoms with E-state index in [0.717, 1.165) is 35.5 Å². The molecule has 0 N–H and O–H groups in total. The maximum atomic E-state index is 4.88. The first-order valence-electron chi connectivity index (χ1n) is 9.30. The summed E-state index contributed by atoms with van der Waals surface area (Å²) in [7, 11) is 2.06. The van der Waals surface area contributed by atoms with Gasteiger partial charge in [0.05, 0.1) is 0 Å². The van der Waals surface area contributed by atoms with Crippen molar-refractivity contribution in [2.45, 2.75) is 65.8 Å². The number of allylic oxidation sites excluding steroid dienone is 4. The lowest BCUT2D eigenvalue weighted by Crippen LogP contribution is -2.54. The van der Waals surface area contributed by atoms with Crippen molar-refractivity contribution < 1.29 is 0 Å². The second-order valence-electron chi connectivity index (χ2n) is 8.80. The van der Waals surface area contributed by atoms with Crippen molar-refractivity contribution in [1.29, 1.82) is 0 Å². The Labute approximate surface area is 137 Å². The van der Waals surface area contributed by atoms with Crippen LogP contribution < -0.4 is 0 Å². The summed E-state index contributed by atoms with van der Waals surface area (Å²) in [5, 5.41) is 4.88. The van der Waals surface area contributed by atoms with E-state index in [9.17, 15) is 0 Å². The lowest BCUT2D eigenvalue weighted by molar-refractivity contribution is -0.0285. The molecule has 22 heavy (non-hydrogen) atoms. The summed E-state index contributed by atoms with van der Waals surface area (Å²) >= 11 is 0. The van der Waals surface area contributed by atoms with E-state index < -0.39 is 0 Å². The molecule has 0 heterocycles. The largest absolute Gasteiger partial charge is 0.659 e. The fourth-order valence-corrected chi connectivity index (χ4v) is 6.15. The molecular weight excluding hydrogens is 266 g/mol. The van der Waals surface area contributed by atoms with Crippen LogP contribution >= 0.6 is 0 Å². The summed E-state index contributed by atoms with van der Waals surface area (Å²) in [6, 6.07) is 0. The summed E-state index contributed by atoms with van der Waals surface area (Å²) in [6.45, 7) is 11.9. The van der Waals surface area contributed by atoms with E-state index >= 15 is 0 Å². The van der Waals surface area contributed by atoms with Gasteiger partial charge in [0.1, 0.15) is 0 Å². The third kappa shape index (κ3) is 2.50. The number of hydrogen-bond donors (Lipinski definition) is 0. The molecular formula is C21H34N-. The third-order valence-corrected chi connectivity index (χ3v) is 7.27. The van der Waals surface area contributed by atoms with Crippen LogP contribution in [0.1, 0.15) is 60.3 Å². The Morgan fingerprint density at radius 1 is 1.36 bits per heavy atom. The van der Waals surface area contributed by atoms with Crippen molar-refractivity contribution in [2.24, 2.45) is 35.5 Å². The van der Waals surface area contributed by atoms with Gasteiger partial charge in [0.15, 0.2) is 0 Å². The lowest BCUT2D eigenvalue weighted by Gasteiger charge is -2.64. The fourth-order valence-electron chi connectivity index (χ4n) is 6.15. The van der Waals surface area contributed by atoms with E-state index in [0.29, 0.717) is 0 Å². The summed E-state index contributed by atoms with van der Waals surface area (Å²) in [5.74, 6) is 4.94. The topological polar surface area (TPSA) is 14.1 Å². The van der Waals surface area contributed by atoms with Crippen LogP contribution in [0.2, 0.25) is 0 Å². The minimum atomic E-state index is 0.212. The molecule has 3 rings (SSSR count). The van der Waals surface area contributed by atoms with E-state index in [-0.39, 0.29) is 5.54 Å². The van der Waals surface area contributed by atoms with Gasteiger partial charge in [0, 0.05) is 0 Å². The second-order valence-corrected chi connectivity index (χ2v) is 8.80. The average Bonchev–Trinajstić information content (AvgIpc) is 2.45. The first-order valence-corrected chi connectivity index (χ1v) is 9.30. The third-order valence-electron chi connectivity index (χ3n) is 7.27. The fraction of sp³-hybridized carbons (Fsp3) is 0.810. The molecule has 0 saturated heterocycles. The van der Waals surface area contributed by atoms with Crippen LogP contribution in [0.5, 0.6) is 0 Å². The van der Waals surface area contributed by atoms with E-state index in [1.165, 1.54) is 31.3 Å². The van der Waals surface area contributed by atoms with E-state index in [4.69, 9.17) is 5.32 Å². The van der Waals surface area contributed by atoms with Crippen LogP contribution in [0.4, 0.5) is 0 Å². The van der Waals surface area contributed by atoms with Crippen molar-refractivity contribution in [3.05, 3.63) is 28.6 Å². The smallest absolute Gasteiger partial charge is 0.0109 e. The summed E-state index contributed by atoms with van der Waals surface area (Å²) in [4.78, 5) is 0. The highest BCUT2D eigenvalue weighted by molar-refractivity contribution is 5.25. The number of rotatable bonds is 2. The lowest BCUT2D eigenvalue weighted by atomic mass is 9.47.